The lowest BCUT2D eigenvalue weighted by molar-refractivity contribution is -0.296. The average molecular weight is 206 g/mol. The fraction of sp³-hybridized carbons (Fsp3) is 1.00. The van der Waals surface area contributed by atoms with Crippen molar-refractivity contribution in [2.24, 2.45) is 0 Å². The molecule has 0 aliphatic carbocycles. The summed E-state index contributed by atoms with van der Waals surface area (Å²) < 4.78 is 67.5. The van der Waals surface area contributed by atoms with Gasteiger partial charge >= 0.3 is 12.1 Å². The zero-order valence-electron chi connectivity index (χ0n) is 6.40. The Hall–Kier alpha value is -0.430. The van der Waals surface area contributed by atoms with Gasteiger partial charge in [0.1, 0.15) is 12.7 Å². The maximum atomic E-state index is 12.1. The van der Waals surface area contributed by atoms with Crippen LogP contribution in [0, 0.1) is 0 Å². The first-order chi connectivity index (χ1) is 5.83. The zero-order valence-corrected chi connectivity index (χ0v) is 6.40. The van der Waals surface area contributed by atoms with E-state index in [1.807, 2.05) is 0 Å². The van der Waals surface area contributed by atoms with E-state index in [0.29, 0.717) is 6.61 Å². The molecule has 1 saturated heterocycles. The van der Waals surface area contributed by atoms with Crippen molar-refractivity contribution in [3.8, 4) is 0 Å². The van der Waals surface area contributed by atoms with Crippen LogP contribution in [-0.2, 0) is 9.47 Å². The molecule has 0 aromatic rings. The average Bonchev–Trinajstić information content (AvgIpc) is 2.68. The van der Waals surface area contributed by atoms with Gasteiger partial charge in [0, 0.05) is 0 Å². The van der Waals surface area contributed by atoms with Crippen LogP contribution in [0.5, 0.6) is 0 Å². The second-order valence-electron chi connectivity index (χ2n) is 2.67. The zero-order chi connectivity index (χ0) is 10.1. The lowest BCUT2D eigenvalue weighted by atomic mass is 10.3. The quantitative estimate of drug-likeness (QED) is 0.514. The normalized spacial score (nSPS) is 23.3. The van der Waals surface area contributed by atoms with Crippen molar-refractivity contribution in [1.82, 2.24) is 0 Å². The van der Waals surface area contributed by atoms with Gasteiger partial charge in [0.15, 0.2) is 0 Å². The molecule has 0 radical (unpaired) electrons. The third-order valence-corrected chi connectivity index (χ3v) is 1.40. The standard InChI is InChI=1S/C6H7F5O2/c7-5(8,6(9,10)11)3-12-1-4-2-13-4/h4H,1-3H2/t4-/m0/s1. The number of alkyl halides is 5. The minimum atomic E-state index is -5.54. The van der Waals surface area contributed by atoms with Crippen LogP contribution in [0.15, 0.2) is 0 Å². The van der Waals surface area contributed by atoms with E-state index in [9.17, 15) is 22.0 Å². The van der Waals surface area contributed by atoms with Crippen molar-refractivity contribution in [3.63, 3.8) is 0 Å². The third-order valence-electron chi connectivity index (χ3n) is 1.40. The van der Waals surface area contributed by atoms with Crippen molar-refractivity contribution < 1.29 is 31.4 Å². The molecule has 1 rings (SSSR count). The smallest absolute Gasteiger partial charge is 0.372 e. The molecular weight excluding hydrogens is 199 g/mol. The molecule has 0 bridgehead atoms. The molecule has 0 unspecified atom stereocenters. The molecule has 0 aromatic carbocycles. The summed E-state index contributed by atoms with van der Waals surface area (Å²) in [6.07, 6.45) is -5.86. The molecule has 0 aromatic heterocycles. The van der Waals surface area contributed by atoms with E-state index < -0.39 is 18.7 Å². The maximum absolute atomic E-state index is 12.1. The predicted molar refractivity (Wildman–Crippen MR) is 31.6 cm³/mol. The second kappa shape index (κ2) is 3.38. The molecule has 0 saturated carbocycles. The van der Waals surface area contributed by atoms with Gasteiger partial charge in [0.25, 0.3) is 0 Å². The van der Waals surface area contributed by atoms with Crippen LogP contribution in [0.4, 0.5) is 22.0 Å². The Balaban J connectivity index is 2.23. The summed E-state index contributed by atoms with van der Waals surface area (Å²) in [5.41, 5.74) is 0. The highest BCUT2D eigenvalue weighted by atomic mass is 19.4. The summed E-state index contributed by atoms with van der Waals surface area (Å²) in [7, 11) is 0. The fourth-order valence-corrected chi connectivity index (χ4v) is 0.565. The Morgan fingerprint density at radius 2 is 1.77 bits per heavy atom. The number of halogens is 5. The highest BCUT2D eigenvalue weighted by molar-refractivity contribution is 4.76. The van der Waals surface area contributed by atoms with E-state index >= 15 is 0 Å². The van der Waals surface area contributed by atoms with Crippen LogP contribution in [0.2, 0.25) is 0 Å². The molecule has 7 heteroatoms. The molecule has 78 valence electrons. The Morgan fingerprint density at radius 1 is 1.23 bits per heavy atom. The molecule has 1 atom stereocenters. The molecule has 13 heavy (non-hydrogen) atoms. The van der Waals surface area contributed by atoms with Gasteiger partial charge in [-0.05, 0) is 0 Å². The minimum absolute atomic E-state index is 0.217. The van der Waals surface area contributed by atoms with E-state index in [1.165, 1.54) is 0 Å². The van der Waals surface area contributed by atoms with Gasteiger partial charge < -0.3 is 9.47 Å². The molecule has 0 N–H and O–H groups in total. The van der Waals surface area contributed by atoms with Gasteiger partial charge in [-0.3, -0.25) is 0 Å². The Morgan fingerprint density at radius 3 is 2.15 bits per heavy atom. The monoisotopic (exact) mass is 206 g/mol. The summed E-state index contributed by atoms with van der Waals surface area (Å²) in [5, 5.41) is 0. The van der Waals surface area contributed by atoms with Gasteiger partial charge in [-0.1, -0.05) is 0 Å². The van der Waals surface area contributed by atoms with Crippen molar-refractivity contribution in [3.05, 3.63) is 0 Å². The molecule has 2 nitrogen and oxygen atoms in total. The van der Waals surface area contributed by atoms with Gasteiger partial charge in [0.05, 0.1) is 13.2 Å². The number of hydrogen-bond donors (Lipinski definition) is 0. The van der Waals surface area contributed by atoms with E-state index in [0.717, 1.165) is 0 Å². The highest BCUT2D eigenvalue weighted by Crippen LogP contribution is 2.35. The summed E-state index contributed by atoms with van der Waals surface area (Å²) >= 11 is 0. The lowest BCUT2D eigenvalue weighted by Gasteiger charge is -2.18. The second-order valence-corrected chi connectivity index (χ2v) is 2.67. The van der Waals surface area contributed by atoms with Crippen LogP contribution >= 0.6 is 0 Å². The van der Waals surface area contributed by atoms with Crippen molar-refractivity contribution in [1.29, 1.82) is 0 Å². The van der Waals surface area contributed by atoms with Crippen LogP contribution in [0.25, 0.3) is 0 Å². The first-order valence-electron chi connectivity index (χ1n) is 3.47. The first-order valence-corrected chi connectivity index (χ1v) is 3.47. The maximum Gasteiger partial charge on any atom is 0.455 e. The number of hydrogen-bond acceptors (Lipinski definition) is 2. The topological polar surface area (TPSA) is 21.8 Å². The Kier molecular flexibility index (Phi) is 2.76. The molecule has 1 aliphatic heterocycles. The van der Waals surface area contributed by atoms with E-state index in [2.05, 4.69) is 9.47 Å². The van der Waals surface area contributed by atoms with E-state index in [-0.39, 0.29) is 12.7 Å². The molecule has 1 aliphatic rings. The van der Waals surface area contributed by atoms with Gasteiger partial charge in [0.2, 0.25) is 0 Å². The number of epoxide rings is 1. The van der Waals surface area contributed by atoms with Crippen molar-refractivity contribution in [2.75, 3.05) is 19.8 Å². The molecule has 0 spiro atoms. The Labute approximate surface area is 70.6 Å². The van der Waals surface area contributed by atoms with Gasteiger partial charge in [-0.25, -0.2) is 0 Å². The van der Waals surface area contributed by atoms with Crippen LogP contribution < -0.4 is 0 Å². The van der Waals surface area contributed by atoms with Crippen LogP contribution in [-0.4, -0.2) is 38.0 Å². The first kappa shape index (κ1) is 10.6. The minimum Gasteiger partial charge on any atom is -0.372 e. The van der Waals surface area contributed by atoms with Crippen molar-refractivity contribution >= 4 is 0 Å². The van der Waals surface area contributed by atoms with Crippen LogP contribution in [0.3, 0.4) is 0 Å². The van der Waals surface area contributed by atoms with E-state index in [1.54, 1.807) is 0 Å². The van der Waals surface area contributed by atoms with E-state index in [4.69, 9.17) is 0 Å². The van der Waals surface area contributed by atoms with Gasteiger partial charge in [-0.2, -0.15) is 22.0 Å². The molecule has 1 fully saturated rings. The summed E-state index contributed by atoms with van der Waals surface area (Å²) in [4.78, 5) is 0. The predicted octanol–water partition coefficient (Wildman–Crippen LogP) is 1.60. The largest absolute Gasteiger partial charge is 0.455 e. The van der Waals surface area contributed by atoms with Crippen LogP contribution in [0.1, 0.15) is 0 Å². The number of ether oxygens (including phenoxy) is 2. The lowest BCUT2D eigenvalue weighted by Crippen LogP contribution is -2.41. The third kappa shape index (κ3) is 3.07. The molecule has 0 amide bonds. The highest BCUT2D eigenvalue weighted by Gasteiger charge is 2.57. The van der Waals surface area contributed by atoms with Gasteiger partial charge in [-0.15, -0.1) is 0 Å². The Bertz CT molecular complexity index is 174. The van der Waals surface area contributed by atoms with Crippen molar-refractivity contribution in [2.45, 2.75) is 18.2 Å². The molecular formula is C6H7F5O2. The summed E-state index contributed by atoms with van der Waals surface area (Å²) in [6.45, 7) is -1.50. The SMILES string of the molecule is FC(F)(F)C(F)(F)COC[C@H]1CO1. The number of rotatable bonds is 4. The summed E-state index contributed by atoms with van der Waals surface area (Å²) in [6, 6.07) is 0. The summed E-state index contributed by atoms with van der Waals surface area (Å²) in [5.74, 6) is -4.78. The molecule has 1 heterocycles. The fourth-order valence-electron chi connectivity index (χ4n) is 0.565.